The molecule has 1 aliphatic rings. The molecular formula is C15H26N2O. The quantitative estimate of drug-likeness (QED) is 0.834. The van der Waals surface area contributed by atoms with Crippen LogP contribution >= 0.6 is 0 Å². The van der Waals surface area contributed by atoms with E-state index in [-0.39, 0.29) is 11.6 Å². The van der Waals surface area contributed by atoms with Crippen molar-refractivity contribution < 1.29 is 4.74 Å². The third-order valence-corrected chi connectivity index (χ3v) is 4.13. The molecule has 0 saturated heterocycles. The van der Waals surface area contributed by atoms with Crippen LogP contribution in [0.1, 0.15) is 56.7 Å². The van der Waals surface area contributed by atoms with Crippen LogP contribution in [0.5, 0.6) is 0 Å². The summed E-state index contributed by atoms with van der Waals surface area (Å²) < 4.78 is 7.75. The first kappa shape index (κ1) is 13.6. The number of aryl methyl sites for hydroxylation is 2. The van der Waals surface area contributed by atoms with Gasteiger partial charge in [-0.2, -0.15) is 0 Å². The molecule has 1 heterocycles. The number of nitrogens with two attached hydrogens (primary N) is 1. The van der Waals surface area contributed by atoms with Gasteiger partial charge in [0.05, 0.1) is 5.60 Å². The number of ether oxygens (including phenoxy) is 1. The zero-order valence-electron chi connectivity index (χ0n) is 11.9. The normalized spacial score (nSPS) is 20.6. The smallest absolute Gasteiger partial charge is 0.0639 e. The van der Waals surface area contributed by atoms with Gasteiger partial charge in [-0.25, -0.2) is 0 Å². The average Bonchev–Trinajstić information content (AvgIpc) is 2.68. The lowest BCUT2D eigenvalue weighted by Crippen LogP contribution is -2.24. The molecule has 102 valence electrons. The Hall–Kier alpha value is -0.800. The summed E-state index contributed by atoms with van der Waals surface area (Å²) in [4.78, 5) is 0. The first-order chi connectivity index (χ1) is 8.52. The second-order valence-corrected chi connectivity index (χ2v) is 6.04. The molecule has 2 rings (SSSR count). The molecule has 2 N–H and O–H groups in total. The van der Waals surface area contributed by atoms with Crippen molar-refractivity contribution in [1.29, 1.82) is 0 Å². The first-order valence-electron chi connectivity index (χ1n) is 7.01. The monoisotopic (exact) mass is 250 g/mol. The second kappa shape index (κ2) is 5.45. The first-order valence-corrected chi connectivity index (χ1v) is 7.01. The summed E-state index contributed by atoms with van der Waals surface area (Å²) in [6, 6.07) is 0.235. The standard InChI is InChI=1S/C15H26N2O/c1-15(2,18-3)8-9-17-10-12-6-4-5-7-14(16)13(12)11-17/h10-11,14H,4-9,16H2,1-3H3. The van der Waals surface area contributed by atoms with E-state index >= 15 is 0 Å². The fraction of sp³-hybridized carbons (Fsp3) is 0.733. The number of aromatic nitrogens is 1. The summed E-state index contributed by atoms with van der Waals surface area (Å²) in [5.41, 5.74) is 9.00. The Bertz CT molecular complexity index is 395. The Labute approximate surface area is 110 Å². The van der Waals surface area contributed by atoms with Crippen LogP contribution in [0.3, 0.4) is 0 Å². The van der Waals surface area contributed by atoms with Crippen molar-refractivity contribution >= 4 is 0 Å². The lowest BCUT2D eigenvalue weighted by atomic mass is 10.1. The second-order valence-electron chi connectivity index (χ2n) is 6.04. The summed E-state index contributed by atoms with van der Waals surface area (Å²) >= 11 is 0. The molecule has 3 nitrogen and oxygen atoms in total. The number of hydrogen-bond acceptors (Lipinski definition) is 2. The molecule has 0 aliphatic heterocycles. The number of nitrogens with zero attached hydrogens (tertiary/aromatic N) is 1. The number of rotatable bonds is 4. The maximum atomic E-state index is 6.23. The molecule has 0 aromatic carbocycles. The number of fused-ring (bicyclic) bond motifs is 1. The Morgan fingerprint density at radius 2 is 2.17 bits per heavy atom. The van der Waals surface area contributed by atoms with Crippen molar-refractivity contribution in [1.82, 2.24) is 4.57 Å². The van der Waals surface area contributed by atoms with Crippen LogP contribution in [0.25, 0.3) is 0 Å². The predicted octanol–water partition coefficient (Wildman–Crippen LogP) is 3.03. The van der Waals surface area contributed by atoms with E-state index in [1.165, 1.54) is 30.4 Å². The van der Waals surface area contributed by atoms with Gasteiger partial charge in [0.2, 0.25) is 0 Å². The van der Waals surface area contributed by atoms with E-state index < -0.39 is 0 Å². The van der Waals surface area contributed by atoms with Gasteiger partial charge in [-0.15, -0.1) is 0 Å². The molecule has 3 heteroatoms. The van der Waals surface area contributed by atoms with Crippen molar-refractivity contribution in [2.45, 2.75) is 64.1 Å². The van der Waals surface area contributed by atoms with Gasteiger partial charge in [0.15, 0.2) is 0 Å². The Morgan fingerprint density at radius 1 is 1.39 bits per heavy atom. The highest BCUT2D eigenvalue weighted by Crippen LogP contribution is 2.28. The average molecular weight is 250 g/mol. The predicted molar refractivity (Wildman–Crippen MR) is 74.6 cm³/mol. The van der Waals surface area contributed by atoms with Gasteiger partial charge in [0, 0.05) is 32.1 Å². The van der Waals surface area contributed by atoms with E-state index in [2.05, 4.69) is 30.8 Å². The minimum absolute atomic E-state index is 0.0518. The molecule has 1 aromatic rings. The van der Waals surface area contributed by atoms with Gasteiger partial charge in [-0.05, 0) is 50.7 Å². The van der Waals surface area contributed by atoms with Crippen molar-refractivity contribution in [2.75, 3.05) is 7.11 Å². The summed E-state index contributed by atoms with van der Waals surface area (Å²) in [7, 11) is 1.78. The molecule has 0 radical (unpaired) electrons. The lowest BCUT2D eigenvalue weighted by Gasteiger charge is -2.22. The highest BCUT2D eigenvalue weighted by Gasteiger charge is 2.19. The fourth-order valence-electron chi connectivity index (χ4n) is 2.58. The maximum absolute atomic E-state index is 6.23. The molecule has 0 amide bonds. The summed E-state index contributed by atoms with van der Waals surface area (Å²) in [5, 5.41) is 0. The molecular weight excluding hydrogens is 224 g/mol. The van der Waals surface area contributed by atoms with E-state index in [1.807, 2.05) is 0 Å². The van der Waals surface area contributed by atoms with Gasteiger partial charge >= 0.3 is 0 Å². The number of hydrogen-bond donors (Lipinski definition) is 1. The minimum atomic E-state index is -0.0518. The molecule has 0 bridgehead atoms. The van der Waals surface area contributed by atoms with E-state index in [9.17, 15) is 0 Å². The van der Waals surface area contributed by atoms with Crippen LogP contribution < -0.4 is 5.73 Å². The van der Waals surface area contributed by atoms with Crippen LogP contribution in [0.4, 0.5) is 0 Å². The zero-order valence-corrected chi connectivity index (χ0v) is 11.9. The van der Waals surface area contributed by atoms with Gasteiger partial charge < -0.3 is 15.0 Å². The van der Waals surface area contributed by atoms with Gasteiger partial charge in [0.1, 0.15) is 0 Å². The lowest BCUT2D eigenvalue weighted by molar-refractivity contribution is 0.0120. The zero-order chi connectivity index (χ0) is 13.2. The van der Waals surface area contributed by atoms with Crippen molar-refractivity contribution in [3.05, 3.63) is 23.5 Å². The third kappa shape index (κ3) is 3.15. The summed E-state index contributed by atoms with van der Waals surface area (Å²) in [6.07, 6.45) is 10.4. The van der Waals surface area contributed by atoms with Crippen LogP contribution in [-0.4, -0.2) is 17.3 Å². The Kier molecular flexibility index (Phi) is 4.13. The molecule has 1 atom stereocenters. The van der Waals surface area contributed by atoms with Crippen LogP contribution in [0, 0.1) is 0 Å². The maximum Gasteiger partial charge on any atom is 0.0639 e. The topological polar surface area (TPSA) is 40.2 Å². The van der Waals surface area contributed by atoms with E-state index in [0.717, 1.165) is 19.4 Å². The van der Waals surface area contributed by atoms with E-state index in [1.54, 1.807) is 7.11 Å². The Morgan fingerprint density at radius 3 is 2.89 bits per heavy atom. The van der Waals surface area contributed by atoms with Crippen molar-refractivity contribution in [3.63, 3.8) is 0 Å². The fourth-order valence-corrected chi connectivity index (χ4v) is 2.58. The highest BCUT2D eigenvalue weighted by molar-refractivity contribution is 5.28. The third-order valence-electron chi connectivity index (χ3n) is 4.13. The van der Waals surface area contributed by atoms with Gasteiger partial charge in [-0.3, -0.25) is 0 Å². The SMILES string of the molecule is COC(C)(C)CCn1cc2c(c1)C(N)CCCC2. The van der Waals surface area contributed by atoms with Crippen LogP contribution in [0.15, 0.2) is 12.4 Å². The van der Waals surface area contributed by atoms with E-state index in [0.29, 0.717) is 0 Å². The molecule has 1 aromatic heterocycles. The number of methoxy groups -OCH3 is 1. The van der Waals surface area contributed by atoms with Crippen LogP contribution in [0.2, 0.25) is 0 Å². The minimum Gasteiger partial charge on any atom is -0.379 e. The molecule has 0 saturated carbocycles. The molecule has 1 aliphatic carbocycles. The Balaban J connectivity index is 2.05. The van der Waals surface area contributed by atoms with Crippen molar-refractivity contribution in [2.24, 2.45) is 5.73 Å². The summed E-state index contributed by atoms with van der Waals surface area (Å²) in [6.45, 7) is 5.26. The largest absolute Gasteiger partial charge is 0.379 e. The molecule has 18 heavy (non-hydrogen) atoms. The molecule has 0 fully saturated rings. The van der Waals surface area contributed by atoms with Gasteiger partial charge in [-0.1, -0.05) is 6.42 Å². The van der Waals surface area contributed by atoms with Crippen LogP contribution in [-0.2, 0) is 17.7 Å². The summed E-state index contributed by atoms with van der Waals surface area (Å²) in [5.74, 6) is 0. The highest BCUT2D eigenvalue weighted by atomic mass is 16.5. The van der Waals surface area contributed by atoms with E-state index in [4.69, 9.17) is 10.5 Å². The molecule has 0 spiro atoms. The molecule has 1 unspecified atom stereocenters. The van der Waals surface area contributed by atoms with Crippen molar-refractivity contribution in [3.8, 4) is 0 Å². The van der Waals surface area contributed by atoms with Gasteiger partial charge in [0.25, 0.3) is 0 Å².